The third-order valence-electron chi connectivity index (χ3n) is 5.48. The van der Waals surface area contributed by atoms with Crippen LogP contribution in [0.2, 0.25) is 0 Å². The van der Waals surface area contributed by atoms with Crippen LogP contribution in [0.4, 0.5) is 0 Å². The van der Waals surface area contributed by atoms with E-state index in [-0.39, 0.29) is 11.8 Å². The van der Waals surface area contributed by atoms with Gasteiger partial charge in [0.2, 0.25) is 11.8 Å². The van der Waals surface area contributed by atoms with E-state index in [2.05, 4.69) is 10.6 Å². The summed E-state index contributed by atoms with van der Waals surface area (Å²) in [6, 6.07) is 8.15. The van der Waals surface area contributed by atoms with Gasteiger partial charge in [0.05, 0.1) is 12.0 Å². The molecule has 0 atom stereocenters. The molecule has 2 fully saturated rings. The second-order valence-electron chi connectivity index (χ2n) is 7.38. The van der Waals surface area contributed by atoms with E-state index in [1.807, 2.05) is 29.2 Å². The second-order valence-corrected chi connectivity index (χ2v) is 7.38. The Morgan fingerprint density at radius 3 is 2.54 bits per heavy atom. The summed E-state index contributed by atoms with van der Waals surface area (Å²) < 4.78 is 5.32. The molecule has 26 heavy (non-hydrogen) atoms. The van der Waals surface area contributed by atoms with Gasteiger partial charge in [0.1, 0.15) is 0 Å². The molecule has 6 heteroatoms. The zero-order valence-corrected chi connectivity index (χ0v) is 15.6. The molecule has 6 nitrogen and oxygen atoms in total. The van der Waals surface area contributed by atoms with Gasteiger partial charge < -0.3 is 20.3 Å². The number of carbonyl (C=O) groups is 2. The van der Waals surface area contributed by atoms with E-state index in [1.165, 1.54) is 0 Å². The van der Waals surface area contributed by atoms with Gasteiger partial charge in [-0.05, 0) is 43.5 Å². The molecule has 2 aliphatic heterocycles. The Labute approximate surface area is 155 Å². The molecule has 2 saturated heterocycles. The summed E-state index contributed by atoms with van der Waals surface area (Å²) in [4.78, 5) is 26.4. The van der Waals surface area contributed by atoms with Gasteiger partial charge in [-0.15, -0.1) is 0 Å². The van der Waals surface area contributed by atoms with Crippen LogP contribution in [0.15, 0.2) is 24.3 Å². The number of hydrogen-bond acceptors (Lipinski definition) is 4. The fraction of sp³-hybridized carbons (Fsp3) is 0.600. The van der Waals surface area contributed by atoms with Crippen LogP contribution < -0.4 is 10.6 Å². The number of amides is 2. The molecule has 1 aromatic rings. The topological polar surface area (TPSA) is 70.7 Å². The van der Waals surface area contributed by atoms with Crippen molar-refractivity contribution in [2.45, 2.75) is 38.8 Å². The lowest BCUT2D eigenvalue weighted by molar-refractivity contribution is -0.136. The van der Waals surface area contributed by atoms with E-state index in [1.54, 1.807) is 7.11 Å². The van der Waals surface area contributed by atoms with E-state index in [4.69, 9.17) is 4.74 Å². The van der Waals surface area contributed by atoms with E-state index in [9.17, 15) is 9.59 Å². The first-order chi connectivity index (χ1) is 12.6. The summed E-state index contributed by atoms with van der Waals surface area (Å²) in [6.45, 7) is 4.20. The Kier molecular flexibility index (Phi) is 6.27. The number of nitrogens with one attached hydrogen (secondary N) is 2. The molecule has 1 aromatic carbocycles. The highest BCUT2D eigenvalue weighted by Gasteiger charge is 2.39. The van der Waals surface area contributed by atoms with E-state index in [0.717, 1.165) is 50.0 Å². The van der Waals surface area contributed by atoms with Gasteiger partial charge in [0.25, 0.3) is 0 Å². The Bertz CT molecular complexity index is 618. The number of rotatable bonds is 7. The van der Waals surface area contributed by atoms with Crippen molar-refractivity contribution in [3.8, 4) is 0 Å². The number of nitrogens with zero attached hydrogens (tertiary/aromatic N) is 1. The second kappa shape index (κ2) is 8.64. The van der Waals surface area contributed by atoms with Crippen molar-refractivity contribution in [3.63, 3.8) is 0 Å². The number of likely N-dealkylation sites (tertiary alicyclic amines) is 1. The largest absolute Gasteiger partial charge is 0.384 e. The quantitative estimate of drug-likeness (QED) is 0.773. The summed E-state index contributed by atoms with van der Waals surface area (Å²) in [7, 11) is 1.65. The number of hydrogen-bond donors (Lipinski definition) is 2. The lowest BCUT2D eigenvalue weighted by Gasteiger charge is -2.35. The zero-order chi connectivity index (χ0) is 18.4. The number of methoxy groups -OCH3 is 1. The van der Waals surface area contributed by atoms with Crippen LogP contribution in [0.1, 0.15) is 36.8 Å². The minimum Gasteiger partial charge on any atom is -0.384 e. The third-order valence-corrected chi connectivity index (χ3v) is 5.48. The predicted molar refractivity (Wildman–Crippen MR) is 99.4 cm³/mol. The summed E-state index contributed by atoms with van der Waals surface area (Å²) in [5.74, 6) is 0.319. The maximum Gasteiger partial charge on any atom is 0.228 e. The van der Waals surface area contributed by atoms with Crippen molar-refractivity contribution in [1.29, 1.82) is 0 Å². The van der Waals surface area contributed by atoms with Crippen molar-refractivity contribution in [3.05, 3.63) is 35.4 Å². The summed E-state index contributed by atoms with van der Waals surface area (Å²) in [5.41, 5.74) is 1.77. The molecular formula is C20H29N3O3. The molecule has 2 aliphatic rings. The van der Waals surface area contributed by atoms with E-state index in [0.29, 0.717) is 26.1 Å². The molecule has 0 aromatic heterocycles. The van der Waals surface area contributed by atoms with Crippen LogP contribution in [0, 0.1) is 5.41 Å². The van der Waals surface area contributed by atoms with Crippen LogP contribution in [0.5, 0.6) is 0 Å². The highest BCUT2D eigenvalue weighted by molar-refractivity contribution is 5.83. The average molecular weight is 359 g/mol. The lowest BCUT2D eigenvalue weighted by atomic mass is 9.78. The van der Waals surface area contributed by atoms with Crippen molar-refractivity contribution in [2.75, 3.05) is 33.4 Å². The third kappa shape index (κ3) is 4.43. The summed E-state index contributed by atoms with van der Waals surface area (Å²) in [6.07, 6.45) is 3.23. The molecule has 2 amide bonds. The van der Waals surface area contributed by atoms with E-state index < -0.39 is 5.41 Å². The van der Waals surface area contributed by atoms with Crippen LogP contribution >= 0.6 is 0 Å². The zero-order valence-electron chi connectivity index (χ0n) is 15.6. The van der Waals surface area contributed by atoms with Gasteiger partial charge in [-0.25, -0.2) is 0 Å². The van der Waals surface area contributed by atoms with Gasteiger partial charge >= 0.3 is 0 Å². The number of ether oxygens (including phenoxy) is 1. The molecule has 0 aliphatic carbocycles. The minimum absolute atomic E-state index is 0.0765. The fourth-order valence-electron chi connectivity index (χ4n) is 3.84. The molecule has 3 rings (SSSR count). The number of carbonyl (C=O) groups excluding carboxylic acids is 2. The molecule has 0 saturated carbocycles. The van der Waals surface area contributed by atoms with Gasteiger partial charge in [0.15, 0.2) is 0 Å². The summed E-state index contributed by atoms with van der Waals surface area (Å²) >= 11 is 0. The van der Waals surface area contributed by atoms with Crippen molar-refractivity contribution in [2.24, 2.45) is 5.41 Å². The first-order valence-electron chi connectivity index (χ1n) is 9.46. The van der Waals surface area contributed by atoms with Crippen LogP contribution in [0.25, 0.3) is 0 Å². The SMILES string of the molecule is COCC1(C(=O)NCc2ccc(CN3CCCC3=O)cc2)CCNCC1. The molecule has 2 heterocycles. The molecule has 142 valence electrons. The molecule has 0 spiro atoms. The monoisotopic (exact) mass is 359 g/mol. The highest BCUT2D eigenvalue weighted by Crippen LogP contribution is 2.29. The van der Waals surface area contributed by atoms with Crippen molar-refractivity contribution >= 4 is 11.8 Å². The Hall–Kier alpha value is -1.92. The first kappa shape index (κ1) is 18.9. The Morgan fingerprint density at radius 1 is 1.23 bits per heavy atom. The fourth-order valence-corrected chi connectivity index (χ4v) is 3.84. The standard InChI is InChI=1S/C20H29N3O3/c1-26-15-20(8-10-21-11-9-20)19(25)22-13-16-4-6-17(7-5-16)14-23-12-2-3-18(23)24/h4-7,21H,2-3,8-15H2,1H3,(H,22,25). The van der Waals surface area contributed by atoms with Crippen LogP contribution in [0.3, 0.4) is 0 Å². The Morgan fingerprint density at radius 2 is 1.92 bits per heavy atom. The molecule has 0 unspecified atom stereocenters. The molecule has 2 N–H and O–H groups in total. The number of piperidine rings is 1. The highest BCUT2D eigenvalue weighted by atomic mass is 16.5. The predicted octanol–water partition coefficient (Wildman–Crippen LogP) is 1.44. The smallest absolute Gasteiger partial charge is 0.228 e. The lowest BCUT2D eigenvalue weighted by Crippen LogP contribution is -2.49. The molecular weight excluding hydrogens is 330 g/mol. The van der Waals surface area contributed by atoms with E-state index >= 15 is 0 Å². The first-order valence-corrected chi connectivity index (χ1v) is 9.46. The van der Waals surface area contributed by atoms with Gasteiger partial charge in [-0.3, -0.25) is 9.59 Å². The van der Waals surface area contributed by atoms with Crippen molar-refractivity contribution < 1.29 is 14.3 Å². The van der Waals surface area contributed by atoms with Gasteiger partial charge in [-0.2, -0.15) is 0 Å². The van der Waals surface area contributed by atoms with Crippen molar-refractivity contribution in [1.82, 2.24) is 15.5 Å². The molecule has 0 radical (unpaired) electrons. The molecule has 0 bridgehead atoms. The minimum atomic E-state index is -0.421. The van der Waals surface area contributed by atoms with Gasteiger partial charge in [0, 0.05) is 33.2 Å². The van der Waals surface area contributed by atoms with Crippen LogP contribution in [-0.2, 0) is 27.4 Å². The van der Waals surface area contributed by atoms with Gasteiger partial charge in [-0.1, -0.05) is 24.3 Å². The van der Waals surface area contributed by atoms with Crippen LogP contribution in [-0.4, -0.2) is 50.1 Å². The summed E-state index contributed by atoms with van der Waals surface area (Å²) in [5, 5.41) is 6.38. The number of benzene rings is 1. The maximum absolute atomic E-state index is 12.8. The average Bonchev–Trinajstić information content (AvgIpc) is 3.06. The normalized spacial score (nSPS) is 19.6. The Balaban J connectivity index is 1.53. The maximum atomic E-state index is 12.8.